The van der Waals surface area contributed by atoms with E-state index < -0.39 is 0 Å². The van der Waals surface area contributed by atoms with E-state index in [9.17, 15) is 0 Å². The molecule has 0 spiro atoms. The summed E-state index contributed by atoms with van der Waals surface area (Å²) in [5.41, 5.74) is 1.66. The third-order valence-corrected chi connectivity index (χ3v) is 4.07. The highest BCUT2D eigenvalue weighted by Gasteiger charge is 2.13. The Morgan fingerprint density at radius 2 is 1.76 bits per heavy atom. The molecule has 21 heavy (non-hydrogen) atoms. The molecule has 2 aromatic rings. The molecule has 0 unspecified atom stereocenters. The van der Waals surface area contributed by atoms with E-state index in [2.05, 4.69) is 0 Å². The number of rotatable bonds is 5. The first-order valence-corrected chi connectivity index (χ1v) is 7.71. The largest absolute Gasteiger partial charge is 0.493 e. The second-order valence-electron chi connectivity index (χ2n) is 4.27. The second-order valence-corrected chi connectivity index (χ2v) is 5.79. The van der Waals surface area contributed by atoms with Gasteiger partial charge >= 0.3 is 0 Å². The number of hydrogen-bond donors (Lipinski definition) is 0. The lowest BCUT2D eigenvalue weighted by Crippen LogP contribution is -2.00. The first kappa shape index (κ1) is 16.6. The Kier molecular flexibility index (Phi) is 5.88. The van der Waals surface area contributed by atoms with Gasteiger partial charge in [0, 0.05) is 16.7 Å². The molecule has 2 rings (SSSR count). The van der Waals surface area contributed by atoms with Gasteiger partial charge in [-0.1, -0.05) is 40.9 Å². The number of hydrogen-bond acceptors (Lipinski definition) is 2. The van der Waals surface area contributed by atoms with Gasteiger partial charge in [0.1, 0.15) is 6.61 Å². The number of alkyl halides is 1. The van der Waals surface area contributed by atoms with Crippen LogP contribution in [-0.2, 0) is 12.5 Å². The third kappa shape index (κ3) is 4.10. The second kappa shape index (κ2) is 7.46. The molecule has 112 valence electrons. The standard InChI is InChI=1S/C15H12Cl4O2/c1-20-14-6-11(17)5-10(7-16)15(14)21-8-9-2-3-12(18)13(19)4-9/h2-6H,7-8H2,1H3. The van der Waals surface area contributed by atoms with Crippen molar-refractivity contribution >= 4 is 46.4 Å². The summed E-state index contributed by atoms with van der Waals surface area (Å²) < 4.78 is 11.1. The minimum Gasteiger partial charge on any atom is -0.493 e. The van der Waals surface area contributed by atoms with E-state index in [1.54, 1.807) is 31.4 Å². The lowest BCUT2D eigenvalue weighted by atomic mass is 10.2. The average molecular weight is 366 g/mol. The lowest BCUT2D eigenvalue weighted by molar-refractivity contribution is 0.282. The summed E-state index contributed by atoms with van der Waals surface area (Å²) in [4.78, 5) is 0. The van der Waals surface area contributed by atoms with Gasteiger partial charge in [-0.05, 0) is 23.8 Å². The third-order valence-electron chi connectivity index (χ3n) is 2.83. The predicted octanol–water partition coefficient (Wildman–Crippen LogP) is 5.97. The molecular weight excluding hydrogens is 354 g/mol. The molecule has 0 amide bonds. The molecule has 2 aromatic carbocycles. The van der Waals surface area contributed by atoms with Crippen LogP contribution >= 0.6 is 46.4 Å². The van der Waals surface area contributed by atoms with Gasteiger partial charge in [0.2, 0.25) is 0 Å². The molecule has 2 nitrogen and oxygen atoms in total. The lowest BCUT2D eigenvalue weighted by Gasteiger charge is -2.15. The van der Waals surface area contributed by atoms with E-state index >= 15 is 0 Å². The number of benzene rings is 2. The van der Waals surface area contributed by atoms with Crippen molar-refractivity contribution in [1.29, 1.82) is 0 Å². The van der Waals surface area contributed by atoms with Crippen LogP contribution in [0.2, 0.25) is 15.1 Å². The molecule has 0 heterocycles. The predicted molar refractivity (Wildman–Crippen MR) is 88.4 cm³/mol. The van der Waals surface area contributed by atoms with E-state index in [1.807, 2.05) is 6.07 Å². The van der Waals surface area contributed by atoms with Gasteiger partial charge < -0.3 is 9.47 Å². The maximum Gasteiger partial charge on any atom is 0.166 e. The van der Waals surface area contributed by atoms with Crippen LogP contribution in [0.5, 0.6) is 11.5 Å². The highest BCUT2D eigenvalue weighted by atomic mass is 35.5. The number of halogens is 4. The molecule has 0 atom stereocenters. The van der Waals surface area contributed by atoms with Gasteiger partial charge in [0.15, 0.2) is 11.5 Å². The molecule has 0 aliphatic carbocycles. The molecule has 0 N–H and O–H groups in total. The average Bonchev–Trinajstić information content (AvgIpc) is 2.48. The van der Waals surface area contributed by atoms with Crippen LogP contribution in [0, 0.1) is 0 Å². The molecule has 6 heteroatoms. The van der Waals surface area contributed by atoms with Crippen molar-refractivity contribution < 1.29 is 9.47 Å². The van der Waals surface area contributed by atoms with E-state index in [1.165, 1.54) is 0 Å². The highest BCUT2D eigenvalue weighted by molar-refractivity contribution is 6.42. The minimum atomic E-state index is 0.271. The van der Waals surface area contributed by atoms with Gasteiger partial charge in [-0.3, -0.25) is 0 Å². The summed E-state index contributed by atoms with van der Waals surface area (Å²) in [5.74, 6) is 1.38. The summed E-state index contributed by atoms with van der Waals surface area (Å²) >= 11 is 23.8. The fourth-order valence-corrected chi connectivity index (χ4v) is 2.57. The molecule has 0 radical (unpaired) electrons. The maximum absolute atomic E-state index is 6.01. The summed E-state index contributed by atoms with van der Waals surface area (Å²) in [6, 6.07) is 8.76. The van der Waals surface area contributed by atoms with Crippen molar-refractivity contribution in [3.8, 4) is 11.5 Å². The summed E-state index contributed by atoms with van der Waals surface area (Å²) in [7, 11) is 1.55. The molecule has 0 saturated carbocycles. The van der Waals surface area contributed by atoms with Gasteiger partial charge in [0.05, 0.1) is 23.0 Å². The van der Waals surface area contributed by atoms with Crippen LogP contribution in [-0.4, -0.2) is 7.11 Å². The Morgan fingerprint density at radius 1 is 1.00 bits per heavy atom. The Labute approximate surface area is 143 Å². The van der Waals surface area contributed by atoms with Crippen LogP contribution in [0.4, 0.5) is 0 Å². The Balaban J connectivity index is 2.24. The monoisotopic (exact) mass is 364 g/mol. The Morgan fingerprint density at radius 3 is 2.38 bits per heavy atom. The SMILES string of the molecule is COc1cc(Cl)cc(CCl)c1OCc1ccc(Cl)c(Cl)c1. The van der Waals surface area contributed by atoms with Crippen LogP contribution in [0.25, 0.3) is 0 Å². The normalized spacial score (nSPS) is 10.5. The smallest absolute Gasteiger partial charge is 0.166 e. The molecule has 0 aliphatic rings. The number of ether oxygens (including phenoxy) is 2. The molecule has 0 saturated heterocycles. The number of methoxy groups -OCH3 is 1. The summed E-state index contributed by atoms with van der Waals surface area (Å²) in [6.45, 7) is 0.318. The van der Waals surface area contributed by atoms with Crippen LogP contribution < -0.4 is 9.47 Å². The summed E-state index contributed by atoms with van der Waals surface area (Å²) in [5, 5.41) is 1.54. The van der Waals surface area contributed by atoms with Crippen molar-refractivity contribution in [2.45, 2.75) is 12.5 Å². The van der Waals surface area contributed by atoms with Crippen molar-refractivity contribution in [2.24, 2.45) is 0 Å². The molecule has 0 aliphatic heterocycles. The fourth-order valence-electron chi connectivity index (χ4n) is 1.82. The van der Waals surface area contributed by atoms with E-state index in [4.69, 9.17) is 55.9 Å². The fraction of sp³-hybridized carbons (Fsp3) is 0.200. The zero-order valence-electron chi connectivity index (χ0n) is 11.1. The topological polar surface area (TPSA) is 18.5 Å². The van der Waals surface area contributed by atoms with Crippen LogP contribution in [0.15, 0.2) is 30.3 Å². The van der Waals surface area contributed by atoms with Gasteiger partial charge in [-0.25, -0.2) is 0 Å². The van der Waals surface area contributed by atoms with Crippen molar-refractivity contribution in [2.75, 3.05) is 7.11 Å². The van der Waals surface area contributed by atoms with Crippen molar-refractivity contribution in [3.63, 3.8) is 0 Å². The highest BCUT2D eigenvalue weighted by Crippen LogP contribution is 2.36. The van der Waals surface area contributed by atoms with Crippen molar-refractivity contribution in [1.82, 2.24) is 0 Å². The quantitative estimate of drug-likeness (QED) is 0.607. The van der Waals surface area contributed by atoms with E-state index in [0.29, 0.717) is 33.2 Å². The van der Waals surface area contributed by atoms with E-state index in [-0.39, 0.29) is 5.88 Å². The van der Waals surface area contributed by atoms with Crippen LogP contribution in [0.1, 0.15) is 11.1 Å². The molecule has 0 fully saturated rings. The maximum atomic E-state index is 6.01. The minimum absolute atomic E-state index is 0.271. The first-order chi connectivity index (χ1) is 10.0. The Hall–Kier alpha value is -0.800. The van der Waals surface area contributed by atoms with Gasteiger partial charge in [-0.2, -0.15) is 0 Å². The van der Waals surface area contributed by atoms with Crippen LogP contribution in [0.3, 0.4) is 0 Å². The molecule has 0 aromatic heterocycles. The van der Waals surface area contributed by atoms with Crippen molar-refractivity contribution in [3.05, 3.63) is 56.5 Å². The van der Waals surface area contributed by atoms with E-state index in [0.717, 1.165) is 11.1 Å². The van der Waals surface area contributed by atoms with Gasteiger partial charge in [0.25, 0.3) is 0 Å². The zero-order chi connectivity index (χ0) is 15.4. The zero-order valence-corrected chi connectivity index (χ0v) is 14.2. The summed E-state index contributed by atoms with van der Waals surface area (Å²) in [6.07, 6.45) is 0. The molecule has 0 bridgehead atoms. The van der Waals surface area contributed by atoms with Gasteiger partial charge in [-0.15, -0.1) is 11.6 Å². The molecular formula is C15H12Cl4O2. The Bertz CT molecular complexity index is 619. The first-order valence-electron chi connectivity index (χ1n) is 6.04.